The van der Waals surface area contributed by atoms with Crippen LogP contribution in [0.15, 0.2) is 0 Å². The van der Waals surface area contributed by atoms with Gasteiger partial charge >= 0.3 is 0 Å². The van der Waals surface area contributed by atoms with E-state index in [1.165, 1.54) is 0 Å². The largest absolute Gasteiger partial charge is 0.394 e. The van der Waals surface area contributed by atoms with Crippen molar-refractivity contribution in [3.63, 3.8) is 0 Å². The molecule has 0 saturated carbocycles. The van der Waals surface area contributed by atoms with Gasteiger partial charge < -0.3 is 16.2 Å². The highest BCUT2D eigenvalue weighted by molar-refractivity contribution is 5.76. The van der Waals surface area contributed by atoms with Gasteiger partial charge in [0.05, 0.1) is 12.6 Å². The number of aliphatic hydroxyl groups is 1. The summed E-state index contributed by atoms with van der Waals surface area (Å²) in [5, 5.41) is 11.6. The molecule has 0 heterocycles. The van der Waals surface area contributed by atoms with Gasteiger partial charge in [-0.15, -0.1) is 0 Å². The molecule has 14 heavy (non-hydrogen) atoms. The molecule has 0 aliphatic carbocycles. The standard InChI is InChI=1S/C10H22N2O2/c1-4-8(6-13)12-10(14)5-9(11)7(2)3/h7-9,13H,4-6,11H2,1-3H3,(H,12,14). The molecule has 0 rings (SSSR count). The van der Waals surface area contributed by atoms with Crippen molar-refractivity contribution in [2.45, 2.75) is 45.7 Å². The Balaban J connectivity index is 3.85. The van der Waals surface area contributed by atoms with Crippen LogP contribution in [0.1, 0.15) is 33.6 Å². The van der Waals surface area contributed by atoms with E-state index < -0.39 is 0 Å². The summed E-state index contributed by atoms with van der Waals surface area (Å²) in [4.78, 5) is 11.4. The van der Waals surface area contributed by atoms with Crippen molar-refractivity contribution in [1.82, 2.24) is 5.32 Å². The van der Waals surface area contributed by atoms with Gasteiger partial charge in [-0.05, 0) is 12.3 Å². The molecule has 0 fully saturated rings. The van der Waals surface area contributed by atoms with Crippen molar-refractivity contribution in [3.05, 3.63) is 0 Å². The molecule has 0 aromatic carbocycles. The maximum absolute atomic E-state index is 11.4. The second-order valence-electron chi connectivity index (χ2n) is 3.97. The third-order valence-electron chi connectivity index (χ3n) is 2.36. The van der Waals surface area contributed by atoms with E-state index in [-0.39, 0.29) is 24.6 Å². The highest BCUT2D eigenvalue weighted by Crippen LogP contribution is 2.03. The minimum Gasteiger partial charge on any atom is -0.394 e. The number of nitrogens with two attached hydrogens (primary N) is 1. The predicted octanol–water partition coefficient (Wildman–Crippen LogP) is 0.247. The summed E-state index contributed by atoms with van der Waals surface area (Å²) in [6.45, 7) is 5.88. The van der Waals surface area contributed by atoms with E-state index in [1.54, 1.807) is 0 Å². The SMILES string of the molecule is CCC(CO)NC(=O)CC(N)C(C)C. The lowest BCUT2D eigenvalue weighted by atomic mass is 10.0. The average molecular weight is 202 g/mol. The van der Waals surface area contributed by atoms with Gasteiger partial charge in [0.1, 0.15) is 0 Å². The van der Waals surface area contributed by atoms with Crippen molar-refractivity contribution < 1.29 is 9.90 Å². The van der Waals surface area contributed by atoms with E-state index in [1.807, 2.05) is 20.8 Å². The number of rotatable bonds is 6. The zero-order valence-electron chi connectivity index (χ0n) is 9.29. The summed E-state index contributed by atoms with van der Waals surface area (Å²) < 4.78 is 0. The van der Waals surface area contributed by atoms with E-state index in [2.05, 4.69) is 5.32 Å². The highest BCUT2D eigenvalue weighted by Gasteiger charge is 2.15. The average Bonchev–Trinajstić information content (AvgIpc) is 2.13. The monoisotopic (exact) mass is 202 g/mol. The minimum atomic E-state index is -0.137. The second kappa shape index (κ2) is 6.79. The van der Waals surface area contributed by atoms with Crippen LogP contribution in [0.4, 0.5) is 0 Å². The van der Waals surface area contributed by atoms with E-state index >= 15 is 0 Å². The fourth-order valence-electron chi connectivity index (χ4n) is 1.01. The van der Waals surface area contributed by atoms with Crippen molar-refractivity contribution in [2.75, 3.05) is 6.61 Å². The van der Waals surface area contributed by atoms with Gasteiger partial charge in [-0.3, -0.25) is 4.79 Å². The Morgan fingerprint density at radius 3 is 2.43 bits per heavy atom. The Labute approximate surface area is 85.9 Å². The van der Waals surface area contributed by atoms with Crippen molar-refractivity contribution in [2.24, 2.45) is 11.7 Å². The summed E-state index contributed by atoms with van der Waals surface area (Å²) >= 11 is 0. The quantitative estimate of drug-likeness (QED) is 0.578. The number of carbonyl (C=O) groups excluding carboxylic acids is 1. The third-order valence-corrected chi connectivity index (χ3v) is 2.36. The van der Waals surface area contributed by atoms with Gasteiger partial charge in [0, 0.05) is 12.5 Å². The Kier molecular flexibility index (Phi) is 6.49. The summed E-state index contributed by atoms with van der Waals surface area (Å²) in [5.41, 5.74) is 5.75. The molecule has 2 atom stereocenters. The Hall–Kier alpha value is -0.610. The van der Waals surface area contributed by atoms with E-state index in [0.717, 1.165) is 6.42 Å². The van der Waals surface area contributed by atoms with Crippen LogP contribution in [0.2, 0.25) is 0 Å². The minimum absolute atomic E-state index is 0.0147. The van der Waals surface area contributed by atoms with Crippen LogP contribution in [-0.4, -0.2) is 29.7 Å². The van der Waals surface area contributed by atoms with Gasteiger partial charge in [-0.2, -0.15) is 0 Å². The molecule has 0 spiro atoms. The number of hydrogen-bond acceptors (Lipinski definition) is 3. The molecule has 0 aromatic heterocycles. The molecule has 2 unspecified atom stereocenters. The van der Waals surface area contributed by atoms with Gasteiger partial charge in [0.15, 0.2) is 0 Å². The molecule has 0 radical (unpaired) electrons. The first kappa shape index (κ1) is 13.4. The maximum Gasteiger partial charge on any atom is 0.221 e. The Morgan fingerprint density at radius 2 is 2.07 bits per heavy atom. The third kappa shape index (κ3) is 5.19. The summed E-state index contributed by atoms with van der Waals surface area (Å²) in [6.07, 6.45) is 1.06. The topological polar surface area (TPSA) is 75.3 Å². The molecule has 4 heteroatoms. The van der Waals surface area contributed by atoms with Gasteiger partial charge in [-0.25, -0.2) is 0 Å². The normalized spacial score (nSPS) is 15.3. The smallest absolute Gasteiger partial charge is 0.221 e. The highest BCUT2D eigenvalue weighted by atomic mass is 16.3. The summed E-state index contributed by atoms with van der Waals surface area (Å²) in [6, 6.07) is -0.243. The van der Waals surface area contributed by atoms with Crippen LogP contribution >= 0.6 is 0 Å². The Morgan fingerprint density at radius 1 is 1.50 bits per heavy atom. The van der Waals surface area contributed by atoms with Gasteiger partial charge in [0.25, 0.3) is 0 Å². The van der Waals surface area contributed by atoms with Gasteiger partial charge in [0.2, 0.25) is 5.91 Å². The zero-order valence-corrected chi connectivity index (χ0v) is 9.29. The molecule has 0 saturated heterocycles. The number of carbonyl (C=O) groups is 1. The first-order chi connectivity index (χ1) is 6.51. The lowest BCUT2D eigenvalue weighted by molar-refractivity contribution is -0.122. The van der Waals surface area contributed by atoms with Crippen LogP contribution in [-0.2, 0) is 4.79 Å². The predicted molar refractivity (Wildman–Crippen MR) is 56.7 cm³/mol. The molecule has 1 amide bonds. The molecular weight excluding hydrogens is 180 g/mol. The molecule has 4 nitrogen and oxygen atoms in total. The fraction of sp³-hybridized carbons (Fsp3) is 0.900. The summed E-state index contributed by atoms with van der Waals surface area (Å²) in [7, 11) is 0. The molecule has 0 aliphatic heterocycles. The lowest BCUT2D eigenvalue weighted by Crippen LogP contribution is -2.41. The molecule has 0 bridgehead atoms. The number of nitrogens with one attached hydrogen (secondary N) is 1. The Bertz CT molecular complexity index is 162. The second-order valence-corrected chi connectivity index (χ2v) is 3.97. The van der Waals surface area contributed by atoms with E-state index in [0.29, 0.717) is 12.3 Å². The van der Waals surface area contributed by atoms with Crippen LogP contribution in [0.5, 0.6) is 0 Å². The molecule has 0 aromatic rings. The number of aliphatic hydroxyl groups excluding tert-OH is 1. The van der Waals surface area contributed by atoms with Crippen LogP contribution in [0.3, 0.4) is 0 Å². The maximum atomic E-state index is 11.4. The van der Waals surface area contributed by atoms with Crippen LogP contribution < -0.4 is 11.1 Å². The first-order valence-electron chi connectivity index (χ1n) is 5.17. The van der Waals surface area contributed by atoms with Crippen LogP contribution in [0, 0.1) is 5.92 Å². The number of hydrogen-bond donors (Lipinski definition) is 3. The first-order valence-corrected chi connectivity index (χ1v) is 5.17. The van der Waals surface area contributed by atoms with E-state index in [4.69, 9.17) is 10.8 Å². The van der Waals surface area contributed by atoms with Crippen molar-refractivity contribution in [3.8, 4) is 0 Å². The molecule has 84 valence electrons. The molecular formula is C10H22N2O2. The van der Waals surface area contributed by atoms with Gasteiger partial charge in [-0.1, -0.05) is 20.8 Å². The van der Waals surface area contributed by atoms with Crippen LogP contribution in [0.25, 0.3) is 0 Å². The van der Waals surface area contributed by atoms with E-state index in [9.17, 15) is 4.79 Å². The summed E-state index contributed by atoms with van der Waals surface area (Å²) in [5.74, 6) is 0.224. The number of amides is 1. The molecule has 0 aliphatic rings. The van der Waals surface area contributed by atoms with Crippen molar-refractivity contribution in [1.29, 1.82) is 0 Å². The zero-order chi connectivity index (χ0) is 11.1. The van der Waals surface area contributed by atoms with Crippen molar-refractivity contribution >= 4 is 5.91 Å². The lowest BCUT2D eigenvalue weighted by Gasteiger charge is -2.18. The fourth-order valence-corrected chi connectivity index (χ4v) is 1.01. The molecule has 4 N–H and O–H groups in total.